The highest BCUT2D eigenvalue weighted by molar-refractivity contribution is 5.85. The minimum atomic E-state index is 0. The molecule has 0 aromatic heterocycles. The summed E-state index contributed by atoms with van der Waals surface area (Å²) < 4.78 is 0. The molecular weight excluding hydrogens is 530 g/mol. The van der Waals surface area contributed by atoms with E-state index in [1.165, 1.54) is 238 Å². The quantitative estimate of drug-likeness (QED) is 0.0630. The molecule has 0 saturated carbocycles. The first-order valence-electron chi connectivity index (χ1n) is 20.1. The van der Waals surface area contributed by atoms with Crippen molar-refractivity contribution in [3.63, 3.8) is 0 Å². The predicted octanol–water partition coefficient (Wildman–Crippen LogP) is 15.0. The molecule has 0 aromatic rings. The Morgan fingerprint density at radius 1 is 0.238 bits per heavy atom. The van der Waals surface area contributed by atoms with Gasteiger partial charge < -0.3 is 4.90 Å². The number of hydrogen-bond acceptors (Lipinski definition) is 1. The molecular formula is C40H84ClN. The minimum absolute atomic E-state index is 0. The molecule has 0 spiro atoms. The minimum Gasteiger partial charge on any atom is -0.304 e. The van der Waals surface area contributed by atoms with E-state index >= 15 is 0 Å². The van der Waals surface area contributed by atoms with Gasteiger partial charge >= 0.3 is 0 Å². The highest BCUT2D eigenvalue weighted by Crippen LogP contribution is 2.16. The van der Waals surface area contributed by atoms with Gasteiger partial charge in [-0.15, -0.1) is 12.4 Å². The molecule has 0 saturated heterocycles. The second kappa shape index (κ2) is 41.2. The Morgan fingerprint density at radius 3 is 0.571 bits per heavy atom. The van der Waals surface area contributed by atoms with E-state index in [1.807, 2.05) is 0 Å². The molecule has 2 heteroatoms. The first kappa shape index (κ1) is 44.4. The molecule has 0 radical (unpaired) electrons. The van der Waals surface area contributed by atoms with Gasteiger partial charge in [0.15, 0.2) is 0 Å². The summed E-state index contributed by atoms with van der Waals surface area (Å²) in [5.74, 6) is 0. The first-order chi connectivity index (χ1) is 20.3. The maximum absolute atomic E-state index is 2.72. The maximum Gasteiger partial charge on any atom is -0.00189 e. The third-order valence-electron chi connectivity index (χ3n) is 9.60. The van der Waals surface area contributed by atoms with Crippen LogP contribution in [0.3, 0.4) is 0 Å². The molecule has 0 aliphatic carbocycles. The van der Waals surface area contributed by atoms with Crippen molar-refractivity contribution >= 4 is 12.4 Å². The lowest BCUT2D eigenvalue weighted by Gasteiger charge is -2.20. The van der Waals surface area contributed by atoms with Crippen molar-refractivity contribution in [3.05, 3.63) is 0 Å². The molecule has 256 valence electrons. The monoisotopic (exact) mass is 614 g/mol. The summed E-state index contributed by atoms with van der Waals surface area (Å²) in [5.41, 5.74) is 0. The SMILES string of the molecule is CCCCCCCCCCCCCCCCCCCCCCN(CC)CCCCCCCCCCCCCCCC.Cl. The Kier molecular flexibility index (Phi) is 43.6. The predicted molar refractivity (Wildman–Crippen MR) is 198 cm³/mol. The van der Waals surface area contributed by atoms with Crippen LogP contribution >= 0.6 is 12.4 Å². The van der Waals surface area contributed by atoms with Crippen LogP contribution in [0.5, 0.6) is 0 Å². The average Bonchev–Trinajstić information content (AvgIpc) is 2.99. The third kappa shape index (κ3) is 38.3. The number of nitrogens with zero attached hydrogens (tertiary/aromatic N) is 1. The second-order valence-corrected chi connectivity index (χ2v) is 13.7. The number of hydrogen-bond donors (Lipinski definition) is 0. The van der Waals surface area contributed by atoms with Crippen molar-refractivity contribution in [3.8, 4) is 0 Å². The van der Waals surface area contributed by atoms with Crippen LogP contribution in [-0.4, -0.2) is 24.5 Å². The highest BCUT2D eigenvalue weighted by Gasteiger charge is 2.02. The van der Waals surface area contributed by atoms with E-state index < -0.39 is 0 Å². The van der Waals surface area contributed by atoms with Crippen LogP contribution < -0.4 is 0 Å². The lowest BCUT2D eigenvalue weighted by molar-refractivity contribution is 0.273. The molecule has 0 bridgehead atoms. The third-order valence-corrected chi connectivity index (χ3v) is 9.60. The van der Waals surface area contributed by atoms with E-state index in [4.69, 9.17) is 0 Å². The van der Waals surface area contributed by atoms with Gasteiger partial charge in [-0.3, -0.25) is 0 Å². The topological polar surface area (TPSA) is 3.24 Å². The van der Waals surface area contributed by atoms with Crippen LogP contribution in [0, 0.1) is 0 Å². The molecule has 0 amide bonds. The summed E-state index contributed by atoms with van der Waals surface area (Å²) in [4.78, 5) is 2.72. The van der Waals surface area contributed by atoms with Crippen molar-refractivity contribution in [2.45, 2.75) is 239 Å². The van der Waals surface area contributed by atoms with Crippen LogP contribution in [0.2, 0.25) is 0 Å². The summed E-state index contributed by atoms with van der Waals surface area (Å²) in [7, 11) is 0. The molecule has 0 fully saturated rings. The highest BCUT2D eigenvalue weighted by atomic mass is 35.5. The Hall–Kier alpha value is 0.250. The van der Waals surface area contributed by atoms with E-state index in [0.29, 0.717) is 0 Å². The molecule has 42 heavy (non-hydrogen) atoms. The standard InChI is InChI=1S/C40H83N.ClH/c1-4-7-9-11-13-15-17-19-21-22-23-24-25-26-28-30-32-34-36-38-40-41(6-3)39-37-35-33-31-29-27-20-18-16-14-12-10-8-5-2;/h4-40H2,1-3H3;1H. The van der Waals surface area contributed by atoms with Gasteiger partial charge in [-0.05, 0) is 32.5 Å². The molecule has 0 rings (SSSR count). The fourth-order valence-electron chi connectivity index (χ4n) is 6.55. The normalized spacial score (nSPS) is 11.4. The van der Waals surface area contributed by atoms with Gasteiger partial charge in [-0.2, -0.15) is 0 Å². The van der Waals surface area contributed by atoms with E-state index in [2.05, 4.69) is 25.7 Å². The van der Waals surface area contributed by atoms with Gasteiger partial charge in [0.1, 0.15) is 0 Å². The van der Waals surface area contributed by atoms with Crippen molar-refractivity contribution < 1.29 is 0 Å². The molecule has 0 aliphatic rings. The Morgan fingerprint density at radius 2 is 0.405 bits per heavy atom. The van der Waals surface area contributed by atoms with E-state index in [1.54, 1.807) is 0 Å². The maximum atomic E-state index is 2.72. The lowest BCUT2D eigenvalue weighted by atomic mass is 10.0. The summed E-state index contributed by atoms with van der Waals surface area (Å²) >= 11 is 0. The van der Waals surface area contributed by atoms with Crippen LogP contribution in [-0.2, 0) is 0 Å². The summed E-state index contributed by atoms with van der Waals surface area (Å²) in [5, 5.41) is 0. The number of rotatable bonds is 37. The number of unbranched alkanes of at least 4 members (excludes halogenated alkanes) is 32. The second-order valence-electron chi connectivity index (χ2n) is 13.7. The first-order valence-corrected chi connectivity index (χ1v) is 20.1. The summed E-state index contributed by atoms with van der Waals surface area (Å²) in [6, 6.07) is 0. The lowest BCUT2D eigenvalue weighted by Crippen LogP contribution is -2.25. The van der Waals surface area contributed by atoms with Crippen molar-refractivity contribution in [2.75, 3.05) is 19.6 Å². The molecule has 0 heterocycles. The van der Waals surface area contributed by atoms with Gasteiger partial charge in [0.25, 0.3) is 0 Å². The molecule has 1 nitrogen and oxygen atoms in total. The van der Waals surface area contributed by atoms with Gasteiger partial charge in [-0.1, -0.05) is 226 Å². The largest absolute Gasteiger partial charge is 0.304 e. The summed E-state index contributed by atoms with van der Waals surface area (Å²) in [6.45, 7) is 10.9. The van der Waals surface area contributed by atoms with E-state index in [-0.39, 0.29) is 12.4 Å². The van der Waals surface area contributed by atoms with Crippen LogP contribution in [0.4, 0.5) is 0 Å². The van der Waals surface area contributed by atoms with Gasteiger partial charge in [0.05, 0.1) is 0 Å². The van der Waals surface area contributed by atoms with E-state index in [0.717, 1.165) is 0 Å². The van der Waals surface area contributed by atoms with Gasteiger partial charge in [-0.25, -0.2) is 0 Å². The Labute approximate surface area is 275 Å². The Balaban J connectivity index is 0. The molecule has 0 unspecified atom stereocenters. The fraction of sp³-hybridized carbons (Fsp3) is 1.00. The average molecular weight is 615 g/mol. The van der Waals surface area contributed by atoms with Gasteiger partial charge in [0, 0.05) is 0 Å². The van der Waals surface area contributed by atoms with Crippen molar-refractivity contribution in [2.24, 2.45) is 0 Å². The number of halogens is 1. The molecule has 0 atom stereocenters. The fourth-order valence-corrected chi connectivity index (χ4v) is 6.55. The van der Waals surface area contributed by atoms with Crippen LogP contribution in [0.25, 0.3) is 0 Å². The zero-order valence-electron chi connectivity index (χ0n) is 30.0. The van der Waals surface area contributed by atoms with Crippen molar-refractivity contribution in [1.82, 2.24) is 4.90 Å². The van der Waals surface area contributed by atoms with Gasteiger partial charge in [0.2, 0.25) is 0 Å². The smallest absolute Gasteiger partial charge is 0.00189 e. The molecule has 0 aliphatic heterocycles. The zero-order chi connectivity index (χ0) is 29.7. The zero-order valence-corrected chi connectivity index (χ0v) is 30.8. The summed E-state index contributed by atoms with van der Waals surface area (Å²) in [6.07, 6.45) is 49.9. The molecule has 0 aromatic carbocycles. The molecule has 0 N–H and O–H groups in total. The Bertz CT molecular complexity index is 439. The van der Waals surface area contributed by atoms with Crippen LogP contribution in [0.15, 0.2) is 0 Å². The van der Waals surface area contributed by atoms with Crippen molar-refractivity contribution in [1.29, 1.82) is 0 Å². The van der Waals surface area contributed by atoms with Crippen LogP contribution in [0.1, 0.15) is 239 Å². The van der Waals surface area contributed by atoms with E-state index in [9.17, 15) is 0 Å².